The van der Waals surface area contributed by atoms with Gasteiger partial charge in [-0.15, -0.1) is 0 Å². The lowest BCUT2D eigenvalue weighted by Gasteiger charge is -2.14. The summed E-state index contributed by atoms with van der Waals surface area (Å²) in [5.74, 6) is 1.58. The Morgan fingerprint density at radius 3 is 2.03 bits per heavy atom. The number of nitrogen functional groups attached to an aromatic ring is 1. The fourth-order valence-electron chi connectivity index (χ4n) is 3.08. The van der Waals surface area contributed by atoms with E-state index in [9.17, 15) is 10.1 Å². The van der Waals surface area contributed by atoms with Gasteiger partial charge in [0.05, 0.1) is 51.8 Å². The number of carbonyl (C=O) groups excluding carboxylic acids is 1. The smallest absolute Gasteiger partial charge is 0.234 e. The van der Waals surface area contributed by atoms with Crippen molar-refractivity contribution < 1.29 is 23.7 Å². The predicted molar refractivity (Wildman–Crippen MR) is 137 cm³/mol. The van der Waals surface area contributed by atoms with Crippen LogP contribution in [0.2, 0.25) is 0 Å². The first-order valence-corrected chi connectivity index (χ1v) is 10.9. The van der Waals surface area contributed by atoms with E-state index in [2.05, 4.69) is 6.07 Å². The van der Waals surface area contributed by atoms with E-state index in [1.54, 1.807) is 37.5 Å². The van der Waals surface area contributed by atoms with E-state index in [0.29, 0.717) is 52.8 Å². The topological polar surface area (TPSA) is 182 Å². The van der Waals surface area contributed by atoms with E-state index in [4.69, 9.17) is 41.9 Å². The van der Waals surface area contributed by atoms with Crippen LogP contribution in [0.25, 0.3) is 11.6 Å². The number of hydrogen-bond donors (Lipinski definition) is 4. The van der Waals surface area contributed by atoms with E-state index < -0.39 is 11.9 Å². The normalized spacial score (nSPS) is 11.4. The summed E-state index contributed by atoms with van der Waals surface area (Å²) in [5, 5.41) is 9.58. The van der Waals surface area contributed by atoms with Crippen molar-refractivity contribution in [1.82, 2.24) is 0 Å². The molecule has 1 atom stereocenters. The van der Waals surface area contributed by atoms with Gasteiger partial charge in [-0.3, -0.25) is 4.79 Å². The lowest BCUT2D eigenvalue weighted by Crippen LogP contribution is -2.36. The minimum atomic E-state index is -0.494. The number of nitriles is 1. The number of methoxy groups -OCH3 is 4. The van der Waals surface area contributed by atoms with Gasteiger partial charge in [0.15, 0.2) is 11.5 Å². The summed E-state index contributed by atoms with van der Waals surface area (Å²) in [5.41, 5.74) is 23.8. The Kier molecular flexibility index (Phi) is 12.5. The highest BCUT2D eigenvalue weighted by Crippen LogP contribution is 2.40. The molecule has 190 valence electrons. The van der Waals surface area contributed by atoms with Gasteiger partial charge in [0, 0.05) is 0 Å². The van der Waals surface area contributed by atoms with E-state index in [1.165, 1.54) is 21.3 Å². The molecule has 0 aromatic heterocycles. The number of amides is 1. The van der Waals surface area contributed by atoms with Gasteiger partial charge >= 0.3 is 0 Å². The van der Waals surface area contributed by atoms with E-state index in [1.807, 2.05) is 6.07 Å². The molecule has 0 bridgehead atoms. The Hall–Kier alpha value is -3.94. The number of rotatable bonds is 11. The molecule has 0 aliphatic rings. The maximum absolute atomic E-state index is 10.4. The molecule has 2 aromatic rings. The molecule has 0 spiro atoms. The molecular formula is C25H35N5O5. The zero-order chi connectivity index (χ0) is 26.4. The van der Waals surface area contributed by atoms with Gasteiger partial charge in [0.25, 0.3) is 0 Å². The molecule has 10 nitrogen and oxygen atoms in total. The van der Waals surface area contributed by atoms with Crippen molar-refractivity contribution in [3.05, 3.63) is 41.5 Å². The maximum atomic E-state index is 10.4. The summed E-state index contributed by atoms with van der Waals surface area (Å²) in [4.78, 5) is 10.4. The Morgan fingerprint density at radius 2 is 1.60 bits per heavy atom. The largest absolute Gasteiger partial charge is 0.495 e. The second kappa shape index (κ2) is 15.1. The zero-order valence-corrected chi connectivity index (χ0v) is 20.7. The second-order valence-corrected chi connectivity index (χ2v) is 7.38. The van der Waals surface area contributed by atoms with Crippen LogP contribution in [0.5, 0.6) is 23.0 Å². The molecule has 0 aliphatic heterocycles. The minimum Gasteiger partial charge on any atom is -0.495 e. The molecule has 1 amide bonds. The van der Waals surface area contributed by atoms with Crippen molar-refractivity contribution >= 4 is 23.2 Å². The van der Waals surface area contributed by atoms with Gasteiger partial charge in [0.2, 0.25) is 11.7 Å². The highest BCUT2D eigenvalue weighted by molar-refractivity contribution is 5.91. The number of ether oxygens (including phenoxy) is 4. The molecule has 0 heterocycles. The number of anilines is 1. The molecule has 0 aliphatic carbocycles. The summed E-state index contributed by atoms with van der Waals surface area (Å²) in [7, 11) is 6.14. The number of unbranched alkanes of at least 4 members (excludes halogenated alkanes) is 1. The van der Waals surface area contributed by atoms with Crippen molar-refractivity contribution in [2.45, 2.75) is 25.3 Å². The number of hydrogen-bond acceptors (Lipinski definition) is 9. The Balaban J connectivity index is 0.000000518. The lowest BCUT2D eigenvalue weighted by atomic mass is 10.0. The Bertz CT molecular complexity index is 1020. The molecule has 2 aromatic carbocycles. The molecule has 10 heteroatoms. The van der Waals surface area contributed by atoms with Crippen molar-refractivity contribution in [3.8, 4) is 29.1 Å². The molecule has 0 radical (unpaired) electrons. The van der Waals surface area contributed by atoms with Gasteiger partial charge in [-0.05, 0) is 60.9 Å². The van der Waals surface area contributed by atoms with Gasteiger partial charge in [0.1, 0.15) is 5.75 Å². The average Bonchev–Trinajstić information content (AvgIpc) is 2.86. The van der Waals surface area contributed by atoms with Crippen LogP contribution in [0.4, 0.5) is 5.69 Å². The summed E-state index contributed by atoms with van der Waals surface area (Å²) in [6, 6.07) is 10.5. The Morgan fingerprint density at radius 1 is 1.00 bits per heavy atom. The van der Waals surface area contributed by atoms with Crippen LogP contribution < -0.4 is 41.9 Å². The van der Waals surface area contributed by atoms with Gasteiger partial charge in [-0.2, -0.15) is 5.26 Å². The number of primary amides is 1. The van der Waals surface area contributed by atoms with Crippen molar-refractivity contribution in [3.63, 3.8) is 0 Å². The monoisotopic (exact) mass is 485 g/mol. The predicted octanol–water partition coefficient (Wildman–Crippen LogP) is 2.30. The highest BCUT2D eigenvalue weighted by Gasteiger charge is 2.15. The minimum absolute atomic E-state index is 0.433. The maximum Gasteiger partial charge on any atom is 0.234 e. The number of carbonyl (C=O) groups is 1. The third-order valence-corrected chi connectivity index (χ3v) is 5.00. The van der Waals surface area contributed by atoms with Crippen molar-refractivity contribution in [2.24, 2.45) is 17.2 Å². The molecule has 35 heavy (non-hydrogen) atoms. The zero-order valence-electron chi connectivity index (χ0n) is 20.7. The van der Waals surface area contributed by atoms with Crippen LogP contribution in [0.3, 0.4) is 0 Å². The van der Waals surface area contributed by atoms with Crippen molar-refractivity contribution in [2.75, 3.05) is 40.7 Å². The number of allylic oxidation sites excluding steroid dienone is 1. The highest BCUT2D eigenvalue weighted by atomic mass is 16.5. The first-order valence-electron chi connectivity index (χ1n) is 10.9. The Labute approximate surface area is 206 Å². The molecule has 0 saturated carbocycles. The van der Waals surface area contributed by atoms with Crippen LogP contribution in [0, 0.1) is 11.3 Å². The molecule has 0 unspecified atom stereocenters. The van der Waals surface area contributed by atoms with Gasteiger partial charge in [-0.25, -0.2) is 0 Å². The van der Waals surface area contributed by atoms with Gasteiger partial charge in [-0.1, -0.05) is 12.5 Å². The number of nitrogens with zero attached hydrogens (tertiary/aromatic N) is 1. The molecule has 0 saturated heterocycles. The van der Waals surface area contributed by atoms with Crippen LogP contribution in [0.15, 0.2) is 30.3 Å². The fraction of sp³-hybridized carbons (Fsp3) is 0.360. The summed E-state index contributed by atoms with van der Waals surface area (Å²) in [6.45, 7) is 0.644. The van der Waals surface area contributed by atoms with Crippen LogP contribution in [0.1, 0.15) is 30.4 Å². The fourth-order valence-corrected chi connectivity index (χ4v) is 3.08. The SMILES string of the molecule is COc1ccc(C=C(C#N)c2cc(OC)c(OC)c(OC)c2)cc1N.NCCCC[C@@H](N)C(N)=O. The summed E-state index contributed by atoms with van der Waals surface area (Å²) in [6.07, 6.45) is 4.16. The summed E-state index contributed by atoms with van der Waals surface area (Å²) >= 11 is 0. The van der Waals surface area contributed by atoms with Crippen LogP contribution in [-0.4, -0.2) is 46.9 Å². The number of benzene rings is 2. The average molecular weight is 486 g/mol. The van der Waals surface area contributed by atoms with E-state index in [0.717, 1.165) is 18.4 Å². The first-order chi connectivity index (χ1) is 16.8. The van der Waals surface area contributed by atoms with E-state index >= 15 is 0 Å². The van der Waals surface area contributed by atoms with Gasteiger partial charge < -0.3 is 41.9 Å². The second-order valence-electron chi connectivity index (χ2n) is 7.38. The molecular weight excluding hydrogens is 450 g/mol. The third kappa shape index (κ3) is 8.73. The summed E-state index contributed by atoms with van der Waals surface area (Å²) < 4.78 is 21.1. The molecule has 8 N–H and O–H groups in total. The van der Waals surface area contributed by atoms with Crippen LogP contribution in [-0.2, 0) is 4.79 Å². The quantitative estimate of drug-likeness (QED) is 0.160. The lowest BCUT2D eigenvalue weighted by molar-refractivity contribution is -0.119. The van der Waals surface area contributed by atoms with Crippen LogP contribution >= 0.6 is 0 Å². The molecule has 0 fully saturated rings. The standard InChI is InChI=1S/C19H20N2O4.C6H15N3O/c1-22-16-6-5-12(8-15(16)21)7-14(11-20)13-9-17(23-2)19(25-4)18(10-13)24-3;7-4-2-1-3-5(8)6(9)10/h5-10H,21H2,1-4H3;5H,1-4,7-8H2,(H2,9,10)/t;5-/m.1/s1. The van der Waals surface area contributed by atoms with Crippen molar-refractivity contribution in [1.29, 1.82) is 5.26 Å². The first kappa shape index (κ1) is 29.1. The molecule has 2 rings (SSSR count). The number of nitrogens with two attached hydrogens (primary N) is 4. The third-order valence-electron chi connectivity index (χ3n) is 5.00. The van der Waals surface area contributed by atoms with E-state index in [-0.39, 0.29) is 0 Å².